The molecule has 0 fully saturated rings. The Bertz CT molecular complexity index is 751. The van der Waals surface area contributed by atoms with Crippen LogP contribution in [0, 0.1) is 5.92 Å². The van der Waals surface area contributed by atoms with Crippen LogP contribution in [0.25, 0.3) is 10.2 Å². The van der Waals surface area contributed by atoms with Gasteiger partial charge in [-0.1, -0.05) is 13.8 Å². The molecule has 1 atom stereocenters. The molecule has 0 saturated heterocycles. The molecule has 6 heteroatoms. The van der Waals surface area contributed by atoms with E-state index in [9.17, 15) is 4.79 Å². The Hall–Kier alpha value is -0.850. The molecule has 0 amide bonds. The average Bonchev–Trinajstić information content (AvgIpc) is 2.92. The van der Waals surface area contributed by atoms with Gasteiger partial charge in [0.15, 0.2) is 0 Å². The Morgan fingerprint density at radius 1 is 1.50 bits per heavy atom. The predicted molar refractivity (Wildman–Crippen MR) is 106 cm³/mol. The van der Waals surface area contributed by atoms with Gasteiger partial charge in [-0.3, -0.25) is 9.36 Å². The molecule has 0 radical (unpaired) electrons. The molecule has 0 bridgehead atoms. The van der Waals surface area contributed by atoms with Gasteiger partial charge in [-0.15, -0.1) is 11.3 Å². The molecule has 2 aromatic rings. The van der Waals surface area contributed by atoms with Gasteiger partial charge in [-0.05, 0) is 55.7 Å². The van der Waals surface area contributed by atoms with Crippen molar-refractivity contribution in [2.75, 3.05) is 18.6 Å². The summed E-state index contributed by atoms with van der Waals surface area (Å²) >= 11 is 3.62. The van der Waals surface area contributed by atoms with E-state index in [4.69, 9.17) is 0 Å². The van der Waals surface area contributed by atoms with Crippen LogP contribution in [-0.2, 0) is 19.4 Å². The number of nitrogens with zero attached hydrogens (tertiary/aromatic N) is 2. The van der Waals surface area contributed by atoms with Crippen LogP contribution in [-0.4, -0.2) is 34.1 Å². The van der Waals surface area contributed by atoms with E-state index < -0.39 is 0 Å². The molecule has 132 valence electrons. The molecule has 0 spiro atoms. The Morgan fingerprint density at radius 2 is 2.33 bits per heavy atom. The highest BCUT2D eigenvalue weighted by Gasteiger charge is 2.24. The molecule has 0 aliphatic heterocycles. The van der Waals surface area contributed by atoms with Gasteiger partial charge in [-0.25, -0.2) is 4.98 Å². The molecule has 0 saturated carbocycles. The highest BCUT2D eigenvalue weighted by atomic mass is 32.2. The van der Waals surface area contributed by atoms with Crippen molar-refractivity contribution in [3.63, 3.8) is 0 Å². The maximum Gasteiger partial charge on any atom is 0.262 e. The fraction of sp³-hybridized carbons (Fsp3) is 0.667. The van der Waals surface area contributed by atoms with Crippen molar-refractivity contribution < 1.29 is 0 Å². The Morgan fingerprint density at radius 3 is 3.08 bits per heavy atom. The van der Waals surface area contributed by atoms with Gasteiger partial charge in [0, 0.05) is 17.5 Å². The zero-order valence-electron chi connectivity index (χ0n) is 14.8. The summed E-state index contributed by atoms with van der Waals surface area (Å²) < 4.78 is 1.78. The molecule has 1 N–H and O–H groups in total. The van der Waals surface area contributed by atoms with Crippen LogP contribution in [0.5, 0.6) is 0 Å². The average molecular weight is 366 g/mol. The molecule has 2 aromatic heterocycles. The summed E-state index contributed by atoms with van der Waals surface area (Å²) in [5.41, 5.74) is 1.42. The number of aromatic nitrogens is 2. The lowest BCUT2D eigenvalue weighted by Gasteiger charge is -2.23. The second-order valence-corrected chi connectivity index (χ2v) is 9.09. The van der Waals surface area contributed by atoms with Crippen molar-refractivity contribution >= 4 is 33.3 Å². The maximum atomic E-state index is 12.8. The molecular formula is C18H27N3OS2. The van der Waals surface area contributed by atoms with Gasteiger partial charge in [-0.2, -0.15) is 11.8 Å². The summed E-state index contributed by atoms with van der Waals surface area (Å²) in [7, 11) is 0. The van der Waals surface area contributed by atoms with Gasteiger partial charge in [0.05, 0.1) is 11.7 Å². The third-order valence-corrected chi connectivity index (χ3v) is 6.42. The monoisotopic (exact) mass is 365 g/mol. The van der Waals surface area contributed by atoms with Crippen molar-refractivity contribution in [1.29, 1.82) is 0 Å². The van der Waals surface area contributed by atoms with Crippen molar-refractivity contribution in [3.05, 3.63) is 27.1 Å². The smallest absolute Gasteiger partial charge is 0.262 e. The summed E-state index contributed by atoms with van der Waals surface area (Å²) in [5, 5.41) is 4.57. The molecular weight excluding hydrogens is 338 g/mol. The predicted octanol–water partition coefficient (Wildman–Crippen LogP) is 3.31. The van der Waals surface area contributed by atoms with E-state index in [-0.39, 0.29) is 5.56 Å². The lowest BCUT2D eigenvalue weighted by Crippen LogP contribution is -2.35. The highest BCUT2D eigenvalue weighted by molar-refractivity contribution is 7.98. The highest BCUT2D eigenvalue weighted by Crippen LogP contribution is 2.33. The zero-order valence-corrected chi connectivity index (χ0v) is 16.4. The van der Waals surface area contributed by atoms with E-state index >= 15 is 0 Å². The number of aryl methyl sites for hydroxylation is 1. The third kappa shape index (κ3) is 3.86. The topological polar surface area (TPSA) is 46.9 Å². The van der Waals surface area contributed by atoms with Crippen molar-refractivity contribution in [3.8, 4) is 0 Å². The SMILES string of the molecule is CSCCCNC1CCc2c(sc3ncn(CC(C)C)c(=O)c23)C1. The van der Waals surface area contributed by atoms with Crippen LogP contribution in [0.4, 0.5) is 0 Å². The molecule has 0 aromatic carbocycles. The number of rotatable bonds is 7. The lowest BCUT2D eigenvalue weighted by molar-refractivity contribution is 0.464. The minimum absolute atomic E-state index is 0.151. The van der Waals surface area contributed by atoms with Crippen LogP contribution >= 0.6 is 23.1 Å². The Balaban J connectivity index is 1.80. The second kappa shape index (κ2) is 8.02. The maximum absolute atomic E-state index is 12.8. The van der Waals surface area contributed by atoms with Crippen LogP contribution in [0.1, 0.15) is 37.1 Å². The first-order chi connectivity index (χ1) is 11.6. The van der Waals surface area contributed by atoms with Gasteiger partial charge in [0.1, 0.15) is 4.83 Å². The largest absolute Gasteiger partial charge is 0.314 e. The summed E-state index contributed by atoms with van der Waals surface area (Å²) in [6.45, 7) is 6.09. The van der Waals surface area contributed by atoms with E-state index in [2.05, 4.69) is 30.4 Å². The quantitative estimate of drug-likeness (QED) is 0.765. The van der Waals surface area contributed by atoms with E-state index in [0.717, 1.165) is 42.6 Å². The van der Waals surface area contributed by atoms with E-state index in [1.54, 1.807) is 22.2 Å². The molecule has 4 nitrogen and oxygen atoms in total. The summed E-state index contributed by atoms with van der Waals surface area (Å²) in [6.07, 6.45) is 8.26. The number of fused-ring (bicyclic) bond motifs is 3. The number of hydrogen-bond acceptors (Lipinski definition) is 5. The third-order valence-electron chi connectivity index (χ3n) is 4.56. The molecule has 1 aliphatic carbocycles. The number of nitrogens with one attached hydrogen (secondary N) is 1. The summed E-state index contributed by atoms with van der Waals surface area (Å²) in [6, 6.07) is 0.547. The first-order valence-corrected chi connectivity index (χ1v) is 11.0. The molecule has 3 rings (SSSR count). The van der Waals surface area contributed by atoms with Gasteiger partial charge in [0.25, 0.3) is 5.56 Å². The Kier molecular flexibility index (Phi) is 6.00. The van der Waals surface area contributed by atoms with E-state index in [0.29, 0.717) is 12.0 Å². The van der Waals surface area contributed by atoms with Crippen LogP contribution in [0.15, 0.2) is 11.1 Å². The van der Waals surface area contributed by atoms with Gasteiger partial charge in [0.2, 0.25) is 0 Å². The van der Waals surface area contributed by atoms with Crippen LogP contribution in [0.2, 0.25) is 0 Å². The summed E-state index contributed by atoms with van der Waals surface area (Å²) in [5.74, 6) is 1.67. The number of thioether (sulfide) groups is 1. The molecule has 2 heterocycles. The fourth-order valence-corrected chi connectivity index (χ4v) is 5.11. The second-order valence-electron chi connectivity index (χ2n) is 7.02. The van der Waals surface area contributed by atoms with Crippen LogP contribution in [0.3, 0.4) is 0 Å². The first kappa shape index (κ1) is 18.0. The van der Waals surface area contributed by atoms with Crippen molar-refractivity contribution in [2.24, 2.45) is 5.92 Å². The summed E-state index contributed by atoms with van der Waals surface area (Å²) in [4.78, 5) is 19.7. The van der Waals surface area contributed by atoms with E-state index in [1.807, 2.05) is 11.8 Å². The number of hydrogen-bond donors (Lipinski definition) is 1. The van der Waals surface area contributed by atoms with Crippen molar-refractivity contribution in [1.82, 2.24) is 14.9 Å². The minimum atomic E-state index is 0.151. The minimum Gasteiger partial charge on any atom is -0.314 e. The van der Waals surface area contributed by atoms with E-state index in [1.165, 1.54) is 22.6 Å². The zero-order chi connectivity index (χ0) is 17.1. The molecule has 1 unspecified atom stereocenters. The van der Waals surface area contributed by atoms with Crippen molar-refractivity contribution in [2.45, 2.75) is 52.1 Å². The number of thiophene rings is 1. The van der Waals surface area contributed by atoms with Crippen LogP contribution < -0.4 is 10.9 Å². The Labute approximate surface area is 152 Å². The first-order valence-electron chi connectivity index (χ1n) is 8.82. The molecule has 24 heavy (non-hydrogen) atoms. The normalized spacial score (nSPS) is 17.6. The molecule has 1 aliphatic rings. The fourth-order valence-electron chi connectivity index (χ4n) is 3.42. The van der Waals surface area contributed by atoms with Gasteiger partial charge >= 0.3 is 0 Å². The lowest BCUT2D eigenvalue weighted by atomic mass is 9.93. The van der Waals surface area contributed by atoms with Gasteiger partial charge < -0.3 is 5.32 Å². The standard InChI is InChI=1S/C18H27N3OS2/c1-12(2)10-21-11-20-17-16(18(21)22)14-6-5-13(9-15(14)24-17)19-7-4-8-23-3/h11-13,19H,4-10H2,1-3H3.